The first kappa shape index (κ1) is 22.4. The van der Waals surface area contributed by atoms with E-state index < -0.39 is 17.5 Å². The van der Waals surface area contributed by atoms with E-state index in [4.69, 9.17) is 14.2 Å². The minimum Gasteiger partial charge on any atom is -0.493 e. The number of hydrogen-bond donors (Lipinski definition) is 0. The zero-order valence-electron chi connectivity index (χ0n) is 18.0. The molecule has 0 radical (unpaired) electrons. The first-order chi connectivity index (χ1) is 15.9. The number of anilines is 1. The van der Waals surface area contributed by atoms with Gasteiger partial charge in [-0.05, 0) is 29.8 Å². The molecule has 33 heavy (non-hydrogen) atoms. The van der Waals surface area contributed by atoms with Gasteiger partial charge in [-0.15, -0.1) is 0 Å². The average molecular weight is 471 g/mol. The Morgan fingerprint density at radius 2 is 1.79 bits per heavy atom. The molecular formula is C23H19F2N3O4S. The molecule has 4 rings (SSSR count). The Bertz CT molecular complexity index is 1290. The molecule has 0 aliphatic carbocycles. The summed E-state index contributed by atoms with van der Waals surface area (Å²) in [5, 5.41) is 0.206. The Morgan fingerprint density at radius 3 is 2.39 bits per heavy atom. The van der Waals surface area contributed by atoms with Crippen molar-refractivity contribution in [3.63, 3.8) is 0 Å². The Balaban J connectivity index is 1.83. The number of pyridine rings is 1. The largest absolute Gasteiger partial charge is 0.493 e. The highest BCUT2D eigenvalue weighted by molar-refractivity contribution is 7.22. The smallest absolute Gasteiger partial charge is 0.260 e. The van der Waals surface area contributed by atoms with Crippen LogP contribution in [0.15, 0.2) is 48.8 Å². The lowest BCUT2D eigenvalue weighted by Crippen LogP contribution is -2.30. The third-order valence-corrected chi connectivity index (χ3v) is 5.88. The van der Waals surface area contributed by atoms with Gasteiger partial charge in [0.15, 0.2) is 22.4 Å². The van der Waals surface area contributed by atoms with E-state index in [9.17, 15) is 13.6 Å². The number of ether oxygens (including phenoxy) is 3. The summed E-state index contributed by atoms with van der Waals surface area (Å²) in [5.74, 6) is -1.01. The molecule has 0 saturated heterocycles. The van der Waals surface area contributed by atoms with Gasteiger partial charge in [0.2, 0.25) is 5.75 Å². The fraction of sp³-hybridized carbons (Fsp3) is 0.174. The number of amides is 1. The van der Waals surface area contributed by atoms with Crippen molar-refractivity contribution in [3.05, 3.63) is 71.6 Å². The second kappa shape index (κ2) is 9.37. The van der Waals surface area contributed by atoms with Crippen LogP contribution in [0.25, 0.3) is 10.2 Å². The minimum absolute atomic E-state index is 0.00900. The van der Waals surface area contributed by atoms with Gasteiger partial charge in [-0.25, -0.2) is 13.8 Å². The van der Waals surface area contributed by atoms with Crippen LogP contribution in [0.1, 0.15) is 15.9 Å². The number of halogens is 2. The number of nitrogens with zero attached hydrogens (tertiary/aromatic N) is 3. The minimum atomic E-state index is -0.797. The molecule has 2 aromatic carbocycles. The Morgan fingerprint density at radius 1 is 1.06 bits per heavy atom. The second-order valence-corrected chi connectivity index (χ2v) is 7.91. The van der Waals surface area contributed by atoms with Crippen LogP contribution in [-0.4, -0.2) is 37.2 Å². The number of hydrogen-bond acceptors (Lipinski definition) is 7. The summed E-state index contributed by atoms with van der Waals surface area (Å²) >= 11 is 1.01. The topological polar surface area (TPSA) is 73.8 Å². The summed E-state index contributed by atoms with van der Waals surface area (Å²) in [6.45, 7) is 0.104. The van der Waals surface area contributed by atoms with Crippen molar-refractivity contribution in [3.8, 4) is 17.2 Å². The van der Waals surface area contributed by atoms with Crippen LogP contribution in [0.2, 0.25) is 0 Å². The SMILES string of the molecule is COc1cc(C(=O)N(Cc2cccnc2)c2nc3c(F)cc(F)cc3s2)cc(OC)c1OC. The van der Waals surface area contributed by atoms with Gasteiger partial charge in [0.05, 0.1) is 32.6 Å². The number of methoxy groups -OCH3 is 3. The lowest BCUT2D eigenvalue weighted by atomic mass is 10.1. The van der Waals surface area contributed by atoms with Crippen LogP contribution in [-0.2, 0) is 6.54 Å². The molecule has 0 fully saturated rings. The van der Waals surface area contributed by atoms with Crippen molar-refractivity contribution >= 4 is 32.6 Å². The summed E-state index contributed by atoms with van der Waals surface area (Å²) in [6.07, 6.45) is 3.23. The van der Waals surface area contributed by atoms with Gasteiger partial charge in [-0.3, -0.25) is 14.7 Å². The third-order valence-electron chi connectivity index (χ3n) is 4.85. The molecule has 2 aromatic heterocycles. The first-order valence-electron chi connectivity index (χ1n) is 9.71. The van der Waals surface area contributed by atoms with Gasteiger partial charge in [0, 0.05) is 24.0 Å². The molecule has 0 N–H and O–H groups in total. The highest BCUT2D eigenvalue weighted by atomic mass is 32.1. The average Bonchev–Trinajstić information content (AvgIpc) is 3.25. The van der Waals surface area contributed by atoms with Crippen molar-refractivity contribution in [1.82, 2.24) is 9.97 Å². The van der Waals surface area contributed by atoms with E-state index in [1.165, 1.54) is 44.4 Å². The van der Waals surface area contributed by atoms with Crippen LogP contribution in [0.4, 0.5) is 13.9 Å². The monoisotopic (exact) mass is 471 g/mol. The molecule has 170 valence electrons. The van der Waals surface area contributed by atoms with E-state index in [0.717, 1.165) is 23.0 Å². The van der Waals surface area contributed by atoms with Crippen molar-refractivity contribution in [1.29, 1.82) is 0 Å². The molecule has 0 bridgehead atoms. The van der Waals surface area contributed by atoms with Gasteiger partial charge in [0.25, 0.3) is 5.91 Å². The van der Waals surface area contributed by atoms with E-state index in [0.29, 0.717) is 17.2 Å². The van der Waals surface area contributed by atoms with Gasteiger partial charge >= 0.3 is 0 Å². The number of carbonyl (C=O) groups is 1. The van der Waals surface area contributed by atoms with Crippen LogP contribution in [0, 0.1) is 11.6 Å². The standard InChI is InChI=1S/C23H19F2N3O4S/c1-30-17-7-14(8-18(31-2)21(17)32-3)22(29)28(12-13-5-4-6-26-11-13)23-27-20-16(25)9-15(24)10-19(20)33-23/h4-11H,12H2,1-3H3. The molecule has 0 atom stereocenters. The fourth-order valence-electron chi connectivity index (χ4n) is 3.32. The highest BCUT2D eigenvalue weighted by Gasteiger charge is 2.26. The number of rotatable bonds is 7. The van der Waals surface area contributed by atoms with Crippen LogP contribution >= 0.6 is 11.3 Å². The molecule has 0 spiro atoms. The normalized spacial score (nSPS) is 10.8. The van der Waals surface area contributed by atoms with Gasteiger partial charge in [0.1, 0.15) is 11.3 Å². The Hall–Kier alpha value is -3.79. The maximum Gasteiger partial charge on any atom is 0.260 e. The van der Waals surface area contributed by atoms with Crippen LogP contribution in [0.5, 0.6) is 17.2 Å². The molecule has 2 heterocycles. The van der Waals surface area contributed by atoms with Crippen LogP contribution in [0.3, 0.4) is 0 Å². The molecule has 0 unspecified atom stereocenters. The highest BCUT2D eigenvalue weighted by Crippen LogP contribution is 2.39. The molecule has 4 aromatic rings. The summed E-state index contributed by atoms with van der Waals surface area (Å²) in [6, 6.07) is 8.53. The Kier molecular flexibility index (Phi) is 6.36. The van der Waals surface area contributed by atoms with Crippen molar-refractivity contribution < 1.29 is 27.8 Å². The van der Waals surface area contributed by atoms with Gasteiger partial charge in [-0.2, -0.15) is 0 Å². The predicted molar refractivity (Wildman–Crippen MR) is 120 cm³/mol. The molecule has 7 nitrogen and oxygen atoms in total. The van der Waals surface area contributed by atoms with Crippen LogP contribution < -0.4 is 19.1 Å². The maximum absolute atomic E-state index is 14.3. The molecule has 1 amide bonds. The Labute approximate surface area is 192 Å². The van der Waals surface area contributed by atoms with E-state index in [1.807, 2.05) is 0 Å². The van der Waals surface area contributed by atoms with Crippen molar-refractivity contribution in [2.24, 2.45) is 0 Å². The lowest BCUT2D eigenvalue weighted by Gasteiger charge is -2.21. The summed E-state index contributed by atoms with van der Waals surface area (Å²) < 4.78 is 44.4. The van der Waals surface area contributed by atoms with E-state index in [-0.39, 0.29) is 27.5 Å². The molecule has 0 saturated carbocycles. The van der Waals surface area contributed by atoms with E-state index in [2.05, 4.69) is 9.97 Å². The second-order valence-electron chi connectivity index (χ2n) is 6.90. The van der Waals surface area contributed by atoms with E-state index in [1.54, 1.807) is 24.5 Å². The van der Waals surface area contributed by atoms with E-state index >= 15 is 0 Å². The van der Waals surface area contributed by atoms with Crippen molar-refractivity contribution in [2.45, 2.75) is 6.54 Å². The first-order valence-corrected chi connectivity index (χ1v) is 10.5. The van der Waals surface area contributed by atoms with Gasteiger partial charge < -0.3 is 14.2 Å². The zero-order valence-corrected chi connectivity index (χ0v) is 18.8. The summed E-state index contributed by atoms with van der Waals surface area (Å²) in [4.78, 5) is 23.4. The number of thiazole rings is 1. The predicted octanol–water partition coefficient (Wildman–Crippen LogP) is 4.84. The third kappa shape index (κ3) is 4.42. The molecule has 0 aliphatic heterocycles. The lowest BCUT2D eigenvalue weighted by molar-refractivity contribution is 0.0984. The zero-order chi connectivity index (χ0) is 23.5. The molecule has 0 aliphatic rings. The summed E-state index contributed by atoms with van der Waals surface area (Å²) in [5.41, 5.74) is 0.953. The number of aromatic nitrogens is 2. The molecular weight excluding hydrogens is 452 g/mol. The van der Waals surface area contributed by atoms with Gasteiger partial charge in [-0.1, -0.05) is 17.4 Å². The summed E-state index contributed by atoms with van der Waals surface area (Å²) in [7, 11) is 4.36. The number of fused-ring (bicyclic) bond motifs is 1. The number of carbonyl (C=O) groups excluding carboxylic acids is 1. The quantitative estimate of drug-likeness (QED) is 0.384. The fourth-order valence-corrected chi connectivity index (χ4v) is 4.32. The number of benzene rings is 2. The van der Waals surface area contributed by atoms with Crippen molar-refractivity contribution in [2.75, 3.05) is 26.2 Å². The maximum atomic E-state index is 14.3. The molecule has 10 heteroatoms.